The molecule has 2 aromatic rings. The minimum atomic E-state index is -0.254. The fraction of sp³-hybridized carbons (Fsp3) is 0.312. The summed E-state index contributed by atoms with van der Waals surface area (Å²) in [6.07, 6.45) is 3.85. The number of nitrogens with one attached hydrogen (secondary N) is 1. The summed E-state index contributed by atoms with van der Waals surface area (Å²) in [4.78, 5) is 4.05. The number of benzene rings is 1. The van der Waals surface area contributed by atoms with Gasteiger partial charge in [0.1, 0.15) is 11.6 Å². The molecule has 1 heterocycles. The van der Waals surface area contributed by atoms with Crippen molar-refractivity contribution in [2.45, 2.75) is 19.4 Å². The van der Waals surface area contributed by atoms with E-state index in [1.807, 2.05) is 13.0 Å². The summed E-state index contributed by atoms with van der Waals surface area (Å²) < 4.78 is 19.3. The van der Waals surface area contributed by atoms with Crippen LogP contribution in [-0.2, 0) is 6.42 Å². The van der Waals surface area contributed by atoms with Crippen molar-refractivity contribution >= 4 is 11.6 Å². The van der Waals surface area contributed by atoms with Gasteiger partial charge in [-0.2, -0.15) is 0 Å². The van der Waals surface area contributed by atoms with Gasteiger partial charge < -0.3 is 10.1 Å². The van der Waals surface area contributed by atoms with Gasteiger partial charge in [-0.25, -0.2) is 4.39 Å². The second kappa shape index (κ2) is 7.38. The number of pyridine rings is 1. The van der Waals surface area contributed by atoms with Crippen LogP contribution in [0.15, 0.2) is 36.7 Å². The van der Waals surface area contributed by atoms with Crippen molar-refractivity contribution in [1.29, 1.82) is 0 Å². The molecule has 3 nitrogen and oxygen atoms in total. The molecule has 1 unspecified atom stereocenters. The normalized spacial score (nSPS) is 12.2. The number of ether oxygens (including phenoxy) is 1. The summed E-state index contributed by atoms with van der Waals surface area (Å²) in [6.45, 7) is 2.77. The van der Waals surface area contributed by atoms with Crippen LogP contribution in [0.1, 0.15) is 24.1 Å². The van der Waals surface area contributed by atoms with Crippen LogP contribution in [0.4, 0.5) is 4.39 Å². The fourth-order valence-corrected chi connectivity index (χ4v) is 2.50. The number of likely N-dealkylation sites (N-methyl/N-ethyl adjacent to an activating group) is 1. The molecule has 1 atom stereocenters. The molecule has 1 aromatic heterocycles. The highest BCUT2D eigenvalue weighted by Gasteiger charge is 2.17. The van der Waals surface area contributed by atoms with Crippen molar-refractivity contribution in [3.8, 4) is 5.75 Å². The second-order valence-electron chi connectivity index (χ2n) is 4.67. The Morgan fingerprint density at radius 3 is 2.90 bits per heavy atom. The van der Waals surface area contributed by atoms with Gasteiger partial charge in [0.15, 0.2) is 0 Å². The van der Waals surface area contributed by atoms with Gasteiger partial charge in [-0.15, -0.1) is 0 Å². The van der Waals surface area contributed by atoms with E-state index in [9.17, 15) is 4.39 Å². The van der Waals surface area contributed by atoms with Crippen molar-refractivity contribution in [2.75, 3.05) is 13.7 Å². The van der Waals surface area contributed by atoms with Crippen LogP contribution in [0, 0.1) is 5.82 Å². The van der Waals surface area contributed by atoms with Crippen LogP contribution >= 0.6 is 11.6 Å². The molecule has 0 aliphatic rings. The predicted molar refractivity (Wildman–Crippen MR) is 82.3 cm³/mol. The minimum Gasteiger partial charge on any atom is -0.495 e. The minimum absolute atomic E-state index is 0.0686. The molecule has 0 saturated carbocycles. The van der Waals surface area contributed by atoms with Crippen molar-refractivity contribution in [2.24, 2.45) is 0 Å². The van der Waals surface area contributed by atoms with Gasteiger partial charge in [-0.3, -0.25) is 4.98 Å². The number of hydrogen-bond acceptors (Lipinski definition) is 3. The van der Waals surface area contributed by atoms with E-state index in [4.69, 9.17) is 16.3 Å². The van der Waals surface area contributed by atoms with Gasteiger partial charge in [-0.1, -0.05) is 18.5 Å². The molecular formula is C16H18ClFN2O. The standard InChI is InChI=1S/C16H18ClFN2O/c1-3-20-15(13-6-7-19-10-16(13)21-2)9-11-8-12(17)4-5-14(11)18/h4-8,10,15,20H,3,9H2,1-2H3. The summed E-state index contributed by atoms with van der Waals surface area (Å²) in [5.74, 6) is 0.432. The zero-order valence-electron chi connectivity index (χ0n) is 12.1. The molecular weight excluding hydrogens is 291 g/mol. The van der Waals surface area contributed by atoms with Gasteiger partial charge in [0.25, 0.3) is 0 Å². The molecule has 0 bridgehead atoms. The highest BCUT2D eigenvalue weighted by molar-refractivity contribution is 6.30. The quantitative estimate of drug-likeness (QED) is 0.882. The number of methoxy groups -OCH3 is 1. The summed E-state index contributed by atoms with van der Waals surface area (Å²) >= 11 is 5.96. The van der Waals surface area contributed by atoms with Crippen LogP contribution in [0.3, 0.4) is 0 Å². The van der Waals surface area contributed by atoms with Crippen molar-refractivity contribution in [1.82, 2.24) is 10.3 Å². The van der Waals surface area contributed by atoms with Gasteiger partial charge in [0, 0.05) is 22.8 Å². The molecule has 0 amide bonds. The Hall–Kier alpha value is -1.65. The number of hydrogen-bond donors (Lipinski definition) is 1. The molecule has 1 N–H and O–H groups in total. The monoisotopic (exact) mass is 308 g/mol. The smallest absolute Gasteiger partial charge is 0.141 e. The number of nitrogens with zero attached hydrogens (tertiary/aromatic N) is 1. The zero-order valence-corrected chi connectivity index (χ0v) is 12.8. The van der Waals surface area contributed by atoms with Crippen molar-refractivity contribution in [3.05, 3.63) is 58.6 Å². The Bertz CT molecular complexity index is 607. The zero-order chi connectivity index (χ0) is 15.2. The first kappa shape index (κ1) is 15.7. The van der Waals surface area contributed by atoms with Crippen LogP contribution in [0.2, 0.25) is 5.02 Å². The van der Waals surface area contributed by atoms with E-state index >= 15 is 0 Å². The van der Waals surface area contributed by atoms with E-state index in [0.717, 1.165) is 12.1 Å². The lowest BCUT2D eigenvalue weighted by Crippen LogP contribution is -2.24. The maximum absolute atomic E-state index is 13.9. The first-order chi connectivity index (χ1) is 10.2. The van der Waals surface area contributed by atoms with Crippen LogP contribution in [0.5, 0.6) is 5.75 Å². The largest absolute Gasteiger partial charge is 0.495 e. The van der Waals surface area contributed by atoms with Crippen molar-refractivity contribution in [3.63, 3.8) is 0 Å². The van der Waals surface area contributed by atoms with E-state index in [1.54, 1.807) is 31.6 Å². The Morgan fingerprint density at radius 2 is 2.19 bits per heavy atom. The number of rotatable bonds is 6. The first-order valence-corrected chi connectivity index (χ1v) is 7.18. The lowest BCUT2D eigenvalue weighted by molar-refractivity contribution is 0.396. The van der Waals surface area contributed by atoms with Gasteiger partial charge in [0.2, 0.25) is 0 Å². The summed E-state index contributed by atoms with van der Waals surface area (Å²) in [5, 5.41) is 3.88. The highest BCUT2D eigenvalue weighted by Crippen LogP contribution is 2.28. The summed E-state index contributed by atoms with van der Waals surface area (Å²) in [5.41, 5.74) is 1.53. The van der Waals surface area contributed by atoms with E-state index < -0.39 is 0 Å². The van der Waals surface area contributed by atoms with E-state index in [0.29, 0.717) is 22.8 Å². The van der Waals surface area contributed by atoms with Gasteiger partial charge in [-0.05, 0) is 42.8 Å². The average Bonchev–Trinajstić information content (AvgIpc) is 2.50. The molecule has 1 aromatic carbocycles. The van der Waals surface area contributed by atoms with Crippen molar-refractivity contribution < 1.29 is 9.13 Å². The molecule has 0 aliphatic carbocycles. The van der Waals surface area contributed by atoms with Crippen LogP contribution in [0.25, 0.3) is 0 Å². The van der Waals surface area contributed by atoms with E-state index in [-0.39, 0.29) is 11.9 Å². The third-order valence-corrected chi connectivity index (χ3v) is 3.53. The van der Waals surface area contributed by atoms with Crippen LogP contribution in [-0.4, -0.2) is 18.6 Å². The summed E-state index contributed by atoms with van der Waals surface area (Å²) in [7, 11) is 1.60. The first-order valence-electron chi connectivity index (χ1n) is 6.81. The average molecular weight is 309 g/mol. The molecule has 0 saturated heterocycles. The predicted octanol–water partition coefficient (Wildman–Crippen LogP) is 3.78. The Balaban J connectivity index is 2.33. The summed E-state index contributed by atoms with van der Waals surface area (Å²) in [6, 6.07) is 6.42. The SMILES string of the molecule is CCNC(Cc1cc(Cl)ccc1F)c1ccncc1OC. The van der Waals surface area contributed by atoms with E-state index in [1.165, 1.54) is 6.07 Å². The molecule has 0 fully saturated rings. The highest BCUT2D eigenvalue weighted by atomic mass is 35.5. The molecule has 0 radical (unpaired) electrons. The molecule has 5 heteroatoms. The fourth-order valence-electron chi connectivity index (χ4n) is 2.31. The van der Waals surface area contributed by atoms with Gasteiger partial charge in [0.05, 0.1) is 13.3 Å². The maximum atomic E-state index is 13.9. The molecule has 0 spiro atoms. The number of aromatic nitrogens is 1. The maximum Gasteiger partial charge on any atom is 0.141 e. The van der Waals surface area contributed by atoms with Gasteiger partial charge >= 0.3 is 0 Å². The van der Waals surface area contributed by atoms with E-state index in [2.05, 4.69) is 10.3 Å². The Kier molecular flexibility index (Phi) is 5.53. The Morgan fingerprint density at radius 1 is 1.38 bits per heavy atom. The lowest BCUT2D eigenvalue weighted by atomic mass is 9.98. The Labute approximate surface area is 129 Å². The lowest BCUT2D eigenvalue weighted by Gasteiger charge is -2.21. The molecule has 2 rings (SSSR count). The second-order valence-corrected chi connectivity index (χ2v) is 5.10. The topological polar surface area (TPSA) is 34.2 Å². The molecule has 21 heavy (non-hydrogen) atoms. The third-order valence-electron chi connectivity index (χ3n) is 3.29. The molecule has 112 valence electrons. The third kappa shape index (κ3) is 3.93. The van der Waals surface area contributed by atoms with Crippen LogP contribution < -0.4 is 10.1 Å². The molecule has 0 aliphatic heterocycles. The number of halogens is 2.